The summed E-state index contributed by atoms with van der Waals surface area (Å²) in [5.41, 5.74) is 3.51. The summed E-state index contributed by atoms with van der Waals surface area (Å²) in [6.07, 6.45) is 3.07. The summed E-state index contributed by atoms with van der Waals surface area (Å²) in [4.78, 5) is 0. The number of hydrogen-bond donors (Lipinski definition) is 1. The Kier molecular flexibility index (Phi) is 4.22. The SMILES string of the molecule is COc1ccccc1CNC[C@H]1OCCc2cn(C)nc21. The Morgan fingerprint density at radius 1 is 1.43 bits per heavy atom. The molecule has 0 fully saturated rings. The zero-order chi connectivity index (χ0) is 14.7. The van der Waals surface area contributed by atoms with Crippen LogP contribution >= 0.6 is 0 Å². The van der Waals surface area contributed by atoms with E-state index in [9.17, 15) is 0 Å². The van der Waals surface area contributed by atoms with Crippen molar-refractivity contribution in [1.29, 1.82) is 0 Å². The Labute approximate surface area is 124 Å². The quantitative estimate of drug-likeness (QED) is 0.911. The van der Waals surface area contributed by atoms with E-state index in [0.29, 0.717) is 0 Å². The lowest BCUT2D eigenvalue weighted by Gasteiger charge is -2.22. The van der Waals surface area contributed by atoms with Crippen LogP contribution in [0.3, 0.4) is 0 Å². The van der Waals surface area contributed by atoms with Crippen molar-refractivity contribution >= 4 is 0 Å². The van der Waals surface area contributed by atoms with E-state index in [-0.39, 0.29) is 6.10 Å². The summed E-state index contributed by atoms with van der Waals surface area (Å²) in [6.45, 7) is 2.27. The van der Waals surface area contributed by atoms with E-state index in [1.54, 1.807) is 7.11 Å². The van der Waals surface area contributed by atoms with Crippen LogP contribution in [-0.4, -0.2) is 30.0 Å². The van der Waals surface area contributed by atoms with Gasteiger partial charge in [0.05, 0.1) is 19.4 Å². The minimum absolute atomic E-state index is 0.0321. The molecule has 21 heavy (non-hydrogen) atoms. The highest BCUT2D eigenvalue weighted by Gasteiger charge is 2.23. The summed E-state index contributed by atoms with van der Waals surface area (Å²) in [5, 5.41) is 7.96. The fraction of sp³-hybridized carbons (Fsp3) is 0.438. The number of rotatable bonds is 5. The number of fused-ring (bicyclic) bond motifs is 1. The number of benzene rings is 1. The predicted octanol–water partition coefficient (Wildman–Crippen LogP) is 1.83. The van der Waals surface area contributed by atoms with Crippen LogP contribution in [0.5, 0.6) is 5.75 Å². The van der Waals surface area contributed by atoms with Crippen molar-refractivity contribution < 1.29 is 9.47 Å². The van der Waals surface area contributed by atoms with Gasteiger partial charge in [0.25, 0.3) is 0 Å². The van der Waals surface area contributed by atoms with Gasteiger partial charge in [-0.05, 0) is 18.1 Å². The number of methoxy groups -OCH3 is 1. The van der Waals surface area contributed by atoms with Crippen LogP contribution in [0.25, 0.3) is 0 Å². The van der Waals surface area contributed by atoms with Gasteiger partial charge in [0.1, 0.15) is 11.9 Å². The Hall–Kier alpha value is -1.85. The highest BCUT2D eigenvalue weighted by Crippen LogP contribution is 2.25. The Bertz CT molecular complexity index is 609. The van der Waals surface area contributed by atoms with E-state index < -0.39 is 0 Å². The molecule has 1 aliphatic heterocycles. The summed E-state index contributed by atoms with van der Waals surface area (Å²) >= 11 is 0. The molecular formula is C16H21N3O2. The summed E-state index contributed by atoms with van der Waals surface area (Å²) in [6, 6.07) is 8.05. The normalized spacial score (nSPS) is 17.5. The van der Waals surface area contributed by atoms with Gasteiger partial charge in [-0.3, -0.25) is 4.68 Å². The molecule has 2 heterocycles. The van der Waals surface area contributed by atoms with Crippen molar-refractivity contribution in [2.24, 2.45) is 7.05 Å². The van der Waals surface area contributed by atoms with Crippen molar-refractivity contribution in [2.45, 2.75) is 19.1 Å². The number of nitrogens with one attached hydrogen (secondary N) is 1. The third-order valence-corrected chi connectivity index (χ3v) is 3.77. The highest BCUT2D eigenvalue weighted by atomic mass is 16.5. The highest BCUT2D eigenvalue weighted by molar-refractivity contribution is 5.33. The molecule has 0 aliphatic carbocycles. The average Bonchev–Trinajstić information content (AvgIpc) is 2.89. The van der Waals surface area contributed by atoms with E-state index in [1.165, 1.54) is 5.56 Å². The fourth-order valence-electron chi connectivity index (χ4n) is 2.75. The first-order valence-corrected chi connectivity index (χ1v) is 7.24. The molecule has 3 rings (SSSR count). The van der Waals surface area contributed by atoms with E-state index in [2.05, 4.69) is 22.7 Å². The second-order valence-corrected chi connectivity index (χ2v) is 5.27. The molecule has 1 aromatic carbocycles. The average molecular weight is 287 g/mol. The van der Waals surface area contributed by atoms with Crippen LogP contribution in [0.1, 0.15) is 22.9 Å². The first-order valence-electron chi connectivity index (χ1n) is 7.24. The van der Waals surface area contributed by atoms with Gasteiger partial charge in [-0.25, -0.2) is 0 Å². The number of hydrogen-bond acceptors (Lipinski definition) is 4. The summed E-state index contributed by atoms with van der Waals surface area (Å²) in [7, 11) is 3.65. The molecule has 0 radical (unpaired) electrons. The van der Waals surface area contributed by atoms with Crippen molar-refractivity contribution in [2.75, 3.05) is 20.3 Å². The van der Waals surface area contributed by atoms with Gasteiger partial charge >= 0.3 is 0 Å². The number of ether oxygens (including phenoxy) is 2. The Balaban J connectivity index is 1.61. The topological polar surface area (TPSA) is 48.3 Å². The third kappa shape index (κ3) is 3.09. The molecule has 1 atom stereocenters. The van der Waals surface area contributed by atoms with Crippen LogP contribution in [0.4, 0.5) is 0 Å². The molecule has 2 aromatic rings. The molecule has 112 valence electrons. The van der Waals surface area contributed by atoms with Crippen molar-refractivity contribution in [3.63, 3.8) is 0 Å². The van der Waals surface area contributed by atoms with Crippen LogP contribution in [-0.2, 0) is 24.8 Å². The number of aryl methyl sites for hydroxylation is 1. The first kappa shape index (κ1) is 14.1. The van der Waals surface area contributed by atoms with E-state index in [1.807, 2.05) is 29.9 Å². The van der Waals surface area contributed by atoms with Crippen LogP contribution in [0.2, 0.25) is 0 Å². The Morgan fingerprint density at radius 3 is 3.14 bits per heavy atom. The van der Waals surface area contributed by atoms with Crippen molar-refractivity contribution in [3.05, 3.63) is 47.3 Å². The molecule has 5 heteroatoms. The molecule has 1 aliphatic rings. The minimum atomic E-state index is 0.0321. The second kappa shape index (κ2) is 6.28. The lowest BCUT2D eigenvalue weighted by Crippen LogP contribution is -2.27. The maximum absolute atomic E-state index is 5.84. The largest absolute Gasteiger partial charge is 0.496 e. The standard InChI is InChI=1S/C16H21N3O2/c1-19-11-13-7-8-21-15(16(13)18-19)10-17-9-12-5-3-4-6-14(12)20-2/h3-6,11,15,17H,7-10H2,1-2H3/t15-/m1/s1. The van der Waals surface area contributed by atoms with Crippen LogP contribution in [0.15, 0.2) is 30.5 Å². The molecule has 5 nitrogen and oxygen atoms in total. The summed E-state index contributed by atoms with van der Waals surface area (Å²) < 4.78 is 13.1. The van der Waals surface area contributed by atoms with Gasteiger partial charge in [-0.15, -0.1) is 0 Å². The van der Waals surface area contributed by atoms with Gasteiger partial charge in [0.15, 0.2) is 0 Å². The van der Waals surface area contributed by atoms with Gasteiger partial charge in [-0.2, -0.15) is 5.10 Å². The maximum atomic E-state index is 5.84. The smallest absolute Gasteiger partial charge is 0.123 e. The number of nitrogens with zero attached hydrogens (tertiary/aromatic N) is 2. The van der Waals surface area contributed by atoms with Crippen LogP contribution < -0.4 is 10.1 Å². The zero-order valence-corrected chi connectivity index (χ0v) is 12.5. The second-order valence-electron chi connectivity index (χ2n) is 5.27. The fourth-order valence-corrected chi connectivity index (χ4v) is 2.75. The Morgan fingerprint density at radius 2 is 2.29 bits per heavy atom. The molecular weight excluding hydrogens is 266 g/mol. The molecule has 0 saturated carbocycles. The minimum Gasteiger partial charge on any atom is -0.496 e. The molecule has 0 bridgehead atoms. The molecule has 0 saturated heterocycles. The van der Waals surface area contributed by atoms with E-state index in [4.69, 9.17) is 9.47 Å². The molecule has 1 N–H and O–H groups in total. The zero-order valence-electron chi connectivity index (χ0n) is 12.5. The monoisotopic (exact) mass is 287 g/mol. The van der Waals surface area contributed by atoms with E-state index >= 15 is 0 Å². The van der Waals surface area contributed by atoms with Gasteiger partial charge < -0.3 is 14.8 Å². The van der Waals surface area contributed by atoms with Crippen LogP contribution in [0, 0.1) is 0 Å². The molecule has 0 spiro atoms. The van der Waals surface area contributed by atoms with Gasteiger partial charge in [0, 0.05) is 31.9 Å². The molecule has 1 aromatic heterocycles. The first-order chi connectivity index (χ1) is 10.3. The molecule has 0 unspecified atom stereocenters. The van der Waals surface area contributed by atoms with Gasteiger partial charge in [-0.1, -0.05) is 18.2 Å². The molecule has 0 amide bonds. The maximum Gasteiger partial charge on any atom is 0.123 e. The lowest BCUT2D eigenvalue weighted by atomic mass is 10.1. The lowest BCUT2D eigenvalue weighted by molar-refractivity contribution is 0.0393. The number of aromatic nitrogens is 2. The van der Waals surface area contributed by atoms with Gasteiger partial charge in [0.2, 0.25) is 0 Å². The van der Waals surface area contributed by atoms with Crippen molar-refractivity contribution in [3.8, 4) is 5.75 Å². The summed E-state index contributed by atoms with van der Waals surface area (Å²) in [5.74, 6) is 0.910. The third-order valence-electron chi connectivity index (χ3n) is 3.77. The number of para-hydroxylation sites is 1. The predicted molar refractivity (Wildman–Crippen MR) is 80.3 cm³/mol. The van der Waals surface area contributed by atoms with E-state index in [0.717, 1.165) is 43.1 Å². The van der Waals surface area contributed by atoms with Crippen molar-refractivity contribution in [1.82, 2.24) is 15.1 Å².